The van der Waals surface area contributed by atoms with E-state index in [4.69, 9.17) is 16.3 Å². The molecule has 0 aliphatic carbocycles. The van der Waals surface area contributed by atoms with E-state index in [9.17, 15) is 4.79 Å². The average molecular weight is 305 g/mol. The highest BCUT2D eigenvalue weighted by atomic mass is 79.9. The number of benzene rings is 1. The van der Waals surface area contributed by atoms with Crippen LogP contribution in [-0.2, 0) is 9.53 Å². The summed E-state index contributed by atoms with van der Waals surface area (Å²) in [6.45, 7) is 2.14. The summed E-state index contributed by atoms with van der Waals surface area (Å²) in [7, 11) is 0. The molecule has 1 aromatic carbocycles. The van der Waals surface area contributed by atoms with E-state index < -0.39 is 6.04 Å². The van der Waals surface area contributed by atoms with Gasteiger partial charge in [0, 0.05) is 10.2 Å². The van der Waals surface area contributed by atoms with Crippen molar-refractivity contribution in [1.82, 2.24) is 0 Å². The van der Waals surface area contributed by atoms with Gasteiger partial charge in [0.1, 0.15) is 6.04 Å². The predicted molar refractivity (Wildman–Crippen MR) is 66.8 cm³/mol. The van der Waals surface area contributed by atoms with Gasteiger partial charge in [-0.2, -0.15) is 0 Å². The van der Waals surface area contributed by atoms with E-state index in [1.807, 2.05) is 18.2 Å². The Balaban J connectivity index is 2.24. The molecule has 0 amide bonds. The maximum Gasteiger partial charge on any atom is 0.330 e. The van der Waals surface area contributed by atoms with Crippen LogP contribution in [0.2, 0.25) is 0 Å². The lowest BCUT2D eigenvalue weighted by Gasteiger charge is -2.12. The molecule has 0 saturated carbocycles. The van der Waals surface area contributed by atoms with Crippen molar-refractivity contribution >= 4 is 39.2 Å². The normalized spacial score (nSPS) is 22.4. The molecular weight excluding hydrogens is 293 g/mol. The van der Waals surface area contributed by atoms with Gasteiger partial charge in [-0.3, -0.25) is 0 Å². The van der Waals surface area contributed by atoms with E-state index in [0.29, 0.717) is 6.61 Å². The Hall–Kier alpha value is -0.740. The number of ether oxygens (including phenoxy) is 1. The molecule has 1 aliphatic rings. The first kappa shape index (κ1) is 11.7. The minimum Gasteiger partial charge on any atom is -0.464 e. The Morgan fingerprint density at radius 1 is 1.62 bits per heavy atom. The lowest BCUT2D eigenvalue weighted by molar-refractivity contribution is -0.143. The third kappa shape index (κ3) is 2.04. The summed E-state index contributed by atoms with van der Waals surface area (Å²) in [6.07, 6.45) is 0. The Morgan fingerprint density at radius 2 is 2.38 bits per heavy atom. The van der Waals surface area contributed by atoms with Crippen LogP contribution >= 0.6 is 27.5 Å². The maximum atomic E-state index is 11.6. The highest BCUT2D eigenvalue weighted by Crippen LogP contribution is 2.40. The minimum atomic E-state index is -0.495. The van der Waals surface area contributed by atoms with E-state index in [0.717, 1.165) is 15.7 Å². The van der Waals surface area contributed by atoms with Gasteiger partial charge in [0.05, 0.1) is 12.0 Å². The highest BCUT2D eigenvalue weighted by Gasteiger charge is 2.36. The first-order valence-corrected chi connectivity index (χ1v) is 6.23. The number of rotatable bonds is 2. The minimum absolute atomic E-state index is 0.310. The number of esters is 1. The zero-order valence-corrected chi connectivity index (χ0v) is 11.0. The van der Waals surface area contributed by atoms with E-state index in [1.54, 1.807) is 6.92 Å². The van der Waals surface area contributed by atoms with Crippen LogP contribution in [0.5, 0.6) is 0 Å². The molecule has 5 heteroatoms. The summed E-state index contributed by atoms with van der Waals surface area (Å²) >= 11 is 9.60. The molecule has 16 heavy (non-hydrogen) atoms. The molecule has 2 rings (SSSR count). The largest absolute Gasteiger partial charge is 0.464 e. The Kier molecular flexibility index (Phi) is 3.40. The number of anilines is 1. The molecule has 0 aromatic heterocycles. The monoisotopic (exact) mass is 303 g/mol. The van der Waals surface area contributed by atoms with Gasteiger partial charge in [-0.1, -0.05) is 15.9 Å². The molecule has 1 heterocycles. The molecular formula is C11H11BrClNO2. The molecule has 2 unspecified atom stereocenters. The second kappa shape index (κ2) is 4.63. The van der Waals surface area contributed by atoms with Gasteiger partial charge in [-0.25, -0.2) is 4.79 Å². The van der Waals surface area contributed by atoms with Gasteiger partial charge in [0.2, 0.25) is 0 Å². The number of halogens is 2. The van der Waals surface area contributed by atoms with Crippen LogP contribution in [0.1, 0.15) is 17.9 Å². The molecule has 1 aliphatic heterocycles. The first-order chi connectivity index (χ1) is 7.63. The van der Waals surface area contributed by atoms with Gasteiger partial charge in [0.25, 0.3) is 0 Å². The number of carbonyl (C=O) groups is 1. The van der Waals surface area contributed by atoms with Crippen molar-refractivity contribution in [2.45, 2.75) is 18.3 Å². The molecule has 0 saturated heterocycles. The van der Waals surface area contributed by atoms with Crippen molar-refractivity contribution < 1.29 is 9.53 Å². The number of hydrogen-bond acceptors (Lipinski definition) is 3. The predicted octanol–water partition coefficient (Wildman–Crippen LogP) is 3.09. The average Bonchev–Trinajstić information content (AvgIpc) is 2.57. The van der Waals surface area contributed by atoms with Gasteiger partial charge in [-0.15, -0.1) is 11.6 Å². The van der Waals surface area contributed by atoms with E-state index in [2.05, 4.69) is 21.2 Å². The van der Waals surface area contributed by atoms with Crippen LogP contribution in [-0.4, -0.2) is 18.6 Å². The van der Waals surface area contributed by atoms with Crippen LogP contribution in [0.3, 0.4) is 0 Å². The van der Waals surface area contributed by atoms with E-state index in [1.165, 1.54) is 0 Å². The highest BCUT2D eigenvalue weighted by molar-refractivity contribution is 9.10. The first-order valence-electron chi connectivity index (χ1n) is 5.00. The van der Waals surface area contributed by atoms with Crippen LogP contribution in [0.25, 0.3) is 0 Å². The lowest BCUT2D eigenvalue weighted by atomic mass is 10.1. The summed E-state index contributed by atoms with van der Waals surface area (Å²) < 4.78 is 5.91. The van der Waals surface area contributed by atoms with Crippen LogP contribution in [0.4, 0.5) is 5.69 Å². The fourth-order valence-corrected chi connectivity index (χ4v) is 2.45. The number of nitrogens with one attached hydrogen (secondary N) is 1. The van der Waals surface area contributed by atoms with E-state index >= 15 is 0 Å². The zero-order valence-electron chi connectivity index (χ0n) is 8.67. The standard InChI is InChI=1S/C11H11BrClNO2/c1-2-16-11(15)10-9(13)7-5-6(12)3-4-8(7)14-10/h3-5,9-10,14H,2H2,1H3. The van der Waals surface area contributed by atoms with Crippen molar-refractivity contribution in [3.05, 3.63) is 28.2 Å². The Labute approximate surface area is 107 Å². The topological polar surface area (TPSA) is 38.3 Å². The van der Waals surface area contributed by atoms with Gasteiger partial charge < -0.3 is 10.1 Å². The fourth-order valence-electron chi connectivity index (χ4n) is 1.72. The number of fused-ring (bicyclic) bond motifs is 1. The molecule has 1 N–H and O–H groups in total. The number of hydrogen-bond donors (Lipinski definition) is 1. The van der Waals surface area contributed by atoms with Crippen LogP contribution < -0.4 is 5.32 Å². The summed E-state index contributed by atoms with van der Waals surface area (Å²) in [5, 5.41) is 2.69. The van der Waals surface area contributed by atoms with Crippen molar-refractivity contribution in [3.63, 3.8) is 0 Å². The second-order valence-corrected chi connectivity index (χ2v) is 4.89. The molecule has 0 bridgehead atoms. The fraction of sp³-hybridized carbons (Fsp3) is 0.364. The Morgan fingerprint density at radius 3 is 3.06 bits per heavy atom. The van der Waals surface area contributed by atoms with Crippen molar-refractivity contribution in [3.8, 4) is 0 Å². The van der Waals surface area contributed by atoms with E-state index in [-0.39, 0.29) is 11.3 Å². The van der Waals surface area contributed by atoms with Crippen LogP contribution in [0.15, 0.2) is 22.7 Å². The second-order valence-electron chi connectivity index (χ2n) is 3.51. The molecule has 1 aromatic rings. The summed E-state index contributed by atoms with van der Waals surface area (Å²) in [6, 6.07) is 5.22. The Bertz CT molecular complexity index is 424. The number of carbonyl (C=O) groups excluding carboxylic acids is 1. The SMILES string of the molecule is CCOC(=O)C1Nc2ccc(Br)cc2C1Cl. The third-order valence-electron chi connectivity index (χ3n) is 2.45. The summed E-state index contributed by atoms with van der Waals surface area (Å²) in [5.74, 6) is -0.310. The number of alkyl halides is 1. The van der Waals surface area contributed by atoms with Gasteiger partial charge >= 0.3 is 5.97 Å². The quantitative estimate of drug-likeness (QED) is 0.674. The molecule has 0 fully saturated rings. The zero-order chi connectivity index (χ0) is 11.7. The molecule has 0 radical (unpaired) electrons. The van der Waals surface area contributed by atoms with Gasteiger partial charge in [-0.05, 0) is 30.7 Å². The van der Waals surface area contributed by atoms with Crippen LogP contribution in [0, 0.1) is 0 Å². The maximum absolute atomic E-state index is 11.6. The molecule has 3 nitrogen and oxygen atoms in total. The lowest BCUT2D eigenvalue weighted by Crippen LogP contribution is -2.30. The molecule has 0 spiro atoms. The summed E-state index contributed by atoms with van der Waals surface area (Å²) in [4.78, 5) is 11.6. The molecule has 2 atom stereocenters. The van der Waals surface area contributed by atoms with Crippen molar-refractivity contribution in [2.75, 3.05) is 11.9 Å². The summed E-state index contributed by atoms with van der Waals surface area (Å²) in [5.41, 5.74) is 1.82. The molecule has 86 valence electrons. The third-order valence-corrected chi connectivity index (χ3v) is 3.44. The smallest absolute Gasteiger partial charge is 0.330 e. The van der Waals surface area contributed by atoms with Crippen molar-refractivity contribution in [1.29, 1.82) is 0 Å². The van der Waals surface area contributed by atoms with Gasteiger partial charge in [0.15, 0.2) is 0 Å². The van der Waals surface area contributed by atoms with Crippen molar-refractivity contribution in [2.24, 2.45) is 0 Å².